The first-order valence-electron chi connectivity index (χ1n) is 6.83. The number of piperidine rings is 1. The molecule has 21 heavy (non-hydrogen) atoms. The van der Waals surface area contributed by atoms with Crippen LogP contribution in [0.4, 0.5) is 5.69 Å². The van der Waals surface area contributed by atoms with Gasteiger partial charge >= 0.3 is 5.97 Å². The number of methoxy groups -OCH3 is 1. The minimum absolute atomic E-state index is 0.0417. The molecule has 2 N–H and O–H groups in total. The van der Waals surface area contributed by atoms with E-state index in [1.807, 2.05) is 0 Å². The Morgan fingerprint density at radius 2 is 2.43 bits per heavy atom. The Morgan fingerprint density at radius 3 is 3.10 bits per heavy atom. The zero-order valence-electron chi connectivity index (χ0n) is 12.1. The molecule has 2 unspecified atom stereocenters. The van der Waals surface area contributed by atoms with Crippen molar-refractivity contribution in [3.8, 4) is 0 Å². The Bertz CT molecular complexity index is 575. The molecule has 0 amide bonds. The van der Waals surface area contributed by atoms with Gasteiger partial charge in [0.25, 0.3) is 5.56 Å². The van der Waals surface area contributed by atoms with E-state index in [9.17, 15) is 9.59 Å². The summed E-state index contributed by atoms with van der Waals surface area (Å²) in [6.07, 6.45) is 3.37. The molecule has 8 heteroatoms. The number of carbonyl (C=O) groups excluding carboxylic acids is 1. The van der Waals surface area contributed by atoms with Crippen molar-refractivity contribution in [2.75, 3.05) is 19.0 Å². The number of halogens is 1. The average Bonchev–Trinajstić information content (AvgIpc) is 2.47. The lowest BCUT2D eigenvalue weighted by Gasteiger charge is -2.29. The van der Waals surface area contributed by atoms with Crippen LogP contribution in [0.2, 0.25) is 5.02 Å². The number of rotatable bonds is 4. The fraction of sp³-hybridized carbons (Fsp3) is 0.615. The Morgan fingerprint density at radius 1 is 1.67 bits per heavy atom. The number of carbonyl (C=O) groups is 1. The molecule has 1 aromatic heterocycles. The fourth-order valence-corrected chi connectivity index (χ4v) is 2.55. The molecular formula is C13H19ClN4O3. The van der Waals surface area contributed by atoms with Gasteiger partial charge < -0.3 is 15.4 Å². The van der Waals surface area contributed by atoms with E-state index < -0.39 is 11.5 Å². The number of anilines is 1. The summed E-state index contributed by atoms with van der Waals surface area (Å²) >= 11 is 6.08. The third-order valence-electron chi connectivity index (χ3n) is 3.47. The fourth-order valence-electron chi connectivity index (χ4n) is 2.35. The summed E-state index contributed by atoms with van der Waals surface area (Å²) in [6, 6.07) is 0.666. The molecule has 0 bridgehead atoms. The summed E-state index contributed by atoms with van der Waals surface area (Å²) in [7, 11) is 1.25. The summed E-state index contributed by atoms with van der Waals surface area (Å²) < 4.78 is 5.50. The monoisotopic (exact) mass is 314 g/mol. The predicted molar refractivity (Wildman–Crippen MR) is 79.6 cm³/mol. The first-order chi connectivity index (χ1) is 10.0. The second-order valence-corrected chi connectivity index (χ2v) is 5.51. The van der Waals surface area contributed by atoms with Crippen molar-refractivity contribution < 1.29 is 9.53 Å². The van der Waals surface area contributed by atoms with Crippen LogP contribution in [0.25, 0.3) is 0 Å². The van der Waals surface area contributed by atoms with Gasteiger partial charge in [0.05, 0.1) is 19.0 Å². The summed E-state index contributed by atoms with van der Waals surface area (Å²) in [5.74, 6) is -0.548. The second kappa shape index (κ2) is 6.91. The molecule has 1 aliphatic heterocycles. The zero-order chi connectivity index (χ0) is 15.4. The van der Waals surface area contributed by atoms with Gasteiger partial charge in [0.2, 0.25) is 0 Å². The molecule has 116 valence electrons. The van der Waals surface area contributed by atoms with Gasteiger partial charge in [-0.1, -0.05) is 11.6 Å². The van der Waals surface area contributed by atoms with Crippen molar-refractivity contribution in [2.45, 2.75) is 38.4 Å². The highest BCUT2D eigenvalue weighted by atomic mass is 35.5. The highest BCUT2D eigenvalue weighted by Crippen LogP contribution is 2.20. The topological polar surface area (TPSA) is 85.2 Å². The third kappa shape index (κ3) is 3.95. The van der Waals surface area contributed by atoms with Gasteiger partial charge in [0, 0.05) is 12.1 Å². The van der Waals surface area contributed by atoms with Crippen molar-refractivity contribution >= 4 is 23.3 Å². The number of aromatic nitrogens is 2. The predicted octanol–water partition coefficient (Wildman–Crippen LogP) is 0.622. The molecule has 1 fully saturated rings. The van der Waals surface area contributed by atoms with Crippen LogP contribution < -0.4 is 16.2 Å². The Balaban J connectivity index is 2.13. The molecule has 1 aliphatic rings. The summed E-state index contributed by atoms with van der Waals surface area (Å²) in [6.45, 7) is 2.78. The molecule has 2 heterocycles. The molecule has 1 aromatic rings. The number of nitrogens with zero attached hydrogens (tertiary/aromatic N) is 2. The lowest BCUT2D eigenvalue weighted by molar-refractivity contribution is -0.141. The molecule has 1 saturated heterocycles. The smallest absolute Gasteiger partial charge is 0.327 e. The van der Waals surface area contributed by atoms with Gasteiger partial charge in [0.15, 0.2) is 0 Å². The molecule has 0 radical (unpaired) electrons. The molecule has 2 rings (SSSR count). The van der Waals surface area contributed by atoms with Gasteiger partial charge in [0.1, 0.15) is 11.6 Å². The molecule has 2 atom stereocenters. The van der Waals surface area contributed by atoms with E-state index in [4.69, 9.17) is 11.6 Å². The molecule has 0 aliphatic carbocycles. The maximum absolute atomic E-state index is 12.1. The first kappa shape index (κ1) is 15.8. The summed E-state index contributed by atoms with van der Waals surface area (Å²) in [4.78, 5) is 23.3. The van der Waals surface area contributed by atoms with E-state index in [0.717, 1.165) is 24.1 Å². The summed E-state index contributed by atoms with van der Waals surface area (Å²) in [5.41, 5.74) is -0.00377. The second-order valence-electron chi connectivity index (χ2n) is 5.13. The van der Waals surface area contributed by atoms with Crippen molar-refractivity contribution in [3.63, 3.8) is 0 Å². The molecule has 0 saturated carbocycles. The van der Waals surface area contributed by atoms with Crippen molar-refractivity contribution in [3.05, 3.63) is 21.6 Å². The Kier molecular flexibility index (Phi) is 5.19. The van der Waals surface area contributed by atoms with E-state index in [2.05, 4.69) is 27.4 Å². The minimum Gasteiger partial charge on any atom is -0.468 e. The molecular weight excluding hydrogens is 296 g/mol. The molecule has 0 aromatic carbocycles. The van der Waals surface area contributed by atoms with Crippen LogP contribution in [0, 0.1) is 0 Å². The number of nitrogens with one attached hydrogen (secondary N) is 2. The van der Waals surface area contributed by atoms with Gasteiger partial charge in [-0.25, -0.2) is 4.68 Å². The maximum atomic E-state index is 12.1. The van der Waals surface area contributed by atoms with Crippen LogP contribution in [-0.2, 0) is 16.1 Å². The zero-order valence-corrected chi connectivity index (χ0v) is 12.8. The SMILES string of the molecule is COC(=O)Cn1ncc(NC2CCNC(C)C2)c(Cl)c1=O. The third-order valence-corrected chi connectivity index (χ3v) is 3.84. The van der Waals surface area contributed by atoms with Crippen LogP contribution in [0.15, 0.2) is 11.0 Å². The van der Waals surface area contributed by atoms with E-state index >= 15 is 0 Å². The van der Waals surface area contributed by atoms with Crippen LogP contribution in [0.3, 0.4) is 0 Å². The highest BCUT2D eigenvalue weighted by Gasteiger charge is 2.20. The lowest BCUT2D eigenvalue weighted by atomic mass is 10.0. The van der Waals surface area contributed by atoms with Gasteiger partial charge in [-0.05, 0) is 26.3 Å². The number of hydrogen-bond acceptors (Lipinski definition) is 6. The Hall–Kier alpha value is -1.60. The van der Waals surface area contributed by atoms with Gasteiger partial charge in [-0.3, -0.25) is 9.59 Å². The van der Waals surface area contributed by atoms with Crippen LogP contribution in [0.5, 0.6) is 0 Å². The quantitative estimate of drug-likeness (QED) is 0.793. The normalized spacial score (nSPS) is 21.9. The number of hydrogen-bond donors (Lipinski definition) is 2. The Labute approximate surface area is 127 Å². The van der Waals surface area contributed by atoms with Crippen LogP contribution >= 0.6 is 11.6 Å². The highest BCUT2D eigenvalue weighted by molar-refractivity contribution is 6.32. The molecule has 0 spiro atoms. The van der Waals surface area contributed by atoms with Gasteiger partial charge in [-0.2, -0.15) is 5.10 Å². The van der Waals surface area contributed by atoms with Crippen molar-refractivity contribution in [2.24, 2.45) is 0 Å². The van der Waals surface area contributed by atoms with E-state index in [-0.39, 0.29) is 17.6 Å². The minimum atomic E-state index is -0.548. The molecule has 7 nitrogen and oxygen atoms in total. The van der Waals surface area contributed by atoms with Crippen LogP contribution in [-0.4, -0.2) is 41.5 Å². The number of esters is 1. The van der Waals surface area contributed by atoms with Crippen LogP contribution in [0.1, 0.15) is 19.8 Å². The van der Waals surface area contributed by atoms with Gasteiger partial charge in [-0.15, -0.1) is 0 Å². The van der Waals surface area contributed by atoms with Crippen molar-refractivity contribution in [1.82, 2.24) is 15.1 Å². The average molecular weight is 315 g/mol. The maximum Gasteiger partial charge on any atom is 0.327 e. The van der Waals surface area contributed by atoms with E-state index in [1.165, 1.54) is 13.3 Å². The van der Waals surface area contributed by atoms with E-state index in [1.54, 1.807) is 0 Å². The van der Waals surface area contributed by atoms with Crippen molar-refractivity contribution in [1.29, 1.82) is 0 Å². The summed E-state index contributed by atoms with van der Waals surface area (Å²) in [5, 5.41) is 10.6. The lowest BCUT2D eigenvalue weighted by Crippen LogP contribution is -2.41. The largest absolute Gasteiger partial charge is 0.468 e. The first-order valence-corrected chi connectivity index (χ1v) is 7.21. The van der Waals surface area contributed by atoms with E-state index in [0.29, 0.717) is 11.7 Å². The standard InChI is InChI=1S/C13H19ClN4O3/c1-8-5-9(3-4-15-8)17-10-6-16-18(7-11(19)21-2)13(20)12(10)14/h6,8-9,15,17H,3-5,7H2,1-2H3. The number of ether oxygens (including phenoxy) is 1.